The number of amides is 2. The van der Waals surface area contributed by atoms with Gasteiger partial charge in [-0.05, 0) is 32.1 Å². The summed E-state index contributed by atoms with van der Waals surface area (Å²) >= 11 is 1.65. The number of likely N-dealkylation sites (tertiary alicyclic amines) is 1. The number of hydrogen-bond donors (Lipinski definition) is 0. The number of imide groups is 1. The first-order valence-corrected chi connectivity index (χ1v) is 11.1. The fraction of sp³-hybridized carbons (Fsp3) is 0.750. The number of nitrogens with zero attached hydrogens (tertiary/aromatic N) is 1. The van der Waals surface area contributed by atoms with Crippen LogP contribution < -0.4 is 0 Å². The highest BCUT2D eigenvalue weighted by Crippen LogP contribution is 2.54. The molecule has 4 fully saturated rings. The van der Waals surface area contributed by atoms with Gasteiger partial charge in [-0.1, -0.05) is 25.0 Å². The highest BCUT2D eigenvalue weighted by Gasteiger charge is 2.61. The smallest absolute Gasteiger partial charge is 0.312 e. The Morgan fingerprint density at radius 2 is 2.07 bits per heavy atom. The number of hydrogen-bond acceptors (Lipinski definition) is 6. The van der Waals surface area contributed by atoms with Gasteiger partial charge in [-0.25, -0.2) is 0 Å². The lowest BCUT2D eigenvalue weighted by Crippen LogP contribution is -2.46. The Labute approximate surface area is 163 Å². The van der Waals surface area contributed by atoms with Crippen molar-refractivity contribution in [3.63, 3.8) is 0 Å². The van der Waals surface area contributed by atoms with Gasteiger partial charge in [0.1, 0.15) is 0 Å². The summed E-state index contributed by atoms with van der Waals surface area (Å²) in [5, 5.41) is -0.0979. The first-order valence-electron chi connectivity index (χ1n) is 10.1. The molecule has 0 aromatic carbocycles. The van der Waals surface area contributed by atoms with Gasteiger partial charge in [-0.3, -0.25) is 19.3 Å². The molecule has 8 atom stereocenters. The van der Waals surface area contributed by atoms with E-state index in [-0.39, 0.29) is 41.8 Å². The summed E-state index contributed by atoms with van der Waals surface area (Å²) in [5.74, 6) is -1.48. The van der Waals surface area contributed by atoms with E-state index in [4.69, 9.17) is 9.47 Å². The lowest BCUT2D eigenvalue weighted by Gasteiger charge is -2.29. The van der Waals surface area contributed by atoms with Crippen molar-refractivity contribution < 1.29 is 23.9 Å². The topological polar surface area (TPSA) is 72.9 Å². The van der Waals surface area contributed by atoms with Crippen LogP contribution in [0.1, 0.15) is 39.0 Å². The molecule has 4 heterocycles. The molecule has 8 unspecified atom stereocenters. The molecule has 0 aromatic heterocycles. The van der Waals surface area contributed by atoms with Gasteiger partial charge in [-0.2, -0.15) is 0 Å². The number of rotatable bonds is 3. The highest BCUT2D eigenvalue weighted by atomic mass is 32.2. The van der Waals surface area contributed by atoms with Crippen molar-refractivity contribution in [1.29, 1.82) is 0 Å². The average molecular weight is 391 g/mol. The first kappa shape index (κ1) is 17.7. The zero-order valence-electron chi connectivity index (χ0n) is 15.4. The maximum absolute atomic E-state index is 13.3. The minimum atomic E-state index is -0.432. The minimum absolute atomic E-state index is 0.0624. The van der Waals surface area contributed by atoms with Gasteiger partial charge in [0, 0.05) is 5.25 Å². The summed E-state index contributed by atoms with van der Waals surface area (Å²) in [6.07, 6.45) is 8.35. The van der Waals surface area contributed by atoms with E-state index in [2.05, 4.69) is 0 Å². The molecular weight excluding hydrogens is 366 g/mol. The van der Waals surface area contributed by atoms with Crippen molar-refractivity contribution in [2.24, 2.45) is 23.7 Å². The maximum Gasteiger partial charge on any atom is 0.312 e. The van der Waals surface area contributed by atoms with E-state index < -0.39 is 17.2 Å². The van der Waals surface area contributed by atoms with Gasteiger partial charge in [0.05, 0.1) is 41.9 Å². The van der Waals surface area contributed by atoms with Crippen LogP contribution in [0.2, 0.25) is 0 Å². The van der Waals surface area contributed by atoms with Crippen LogP contribution in [-0.2, 0) is 23.9 Å². The first-order chi connectivity index (χ1) is 13.1. The zero-order chi connectivity index (χ0) is 18.7. The van der Waals surface area contributed by atoms with E-state index in [9.17, 15) is 14.4 Å². The van der Waals surface area contributed by atoms with Crippen molar-refractivity contribution in [3.8, 4) is 0 Å². The fourth-order valence-corrected chi connectivity index (χ4v) is 7.67. The van der Waals surface area contributed by atoms with E-state index >= 15 is 0 Å². The van der Waals surface area contributed by atoms with E-state index in [0.717, 1.165) is 25.7 Å². The molecule has 3 saturated heterocycles. The van der Waals surface area contributed by atoms with Crippen LogP contribution in [0, 0.1) is 23.7 Å². The standard InChI is InChI=1S/C20H25NO5S/c1-2-25-20(24)16-11-5-3-4-6-14(11)27-19(16)21-17(22)12-9-10-7-8-13(26-10)15(12)18(21)23/h7-8,10-16,19H,2-6,9H2,1H3. The van der Waals surface area contributed by atoms with Crippen molar-refractivity contribution in [3.05, 3.63) is 12.2 Å². The summed E-state index contributed by atoms with van der Waals surface area (Å²) in [5.41, 5.74) is 0. The number of thioether (sulfide) groups is 1. The summed E-state index contributed by atoms with van der Waals surface area (Å²) in [7, 11) is 0. The van der Waals surface area contributed by atoms with Gasteiger partial charge < -0.3 is 9.47 Å². The quantitative estimate of drug-likeness (QED) is 0.417. The van der Waals surface area contributed by atoms with Crippen molar-refractivity contribution in [2.75, 3.05) is 6.61 Å². The molecule has 2 amide bonds. The molecule has 0 N–H and O–H groups in total. The zero-order valence-corrected chi connectivity index (χ0v) is 16.2. The predicted octanol–water partition coefficient (Wildman–Crippen LogP) is 2.13. The normalized spacial score (nSPS) is 45.1. The predicted molar refractivity (Wildman–Crippen MR) is 98.5 cm³/mol. The molecular formula is C20H25NO5S. The van der Waals surface area contributed by atoms with Crippen LogP contribution in [0.3, 0.4) is 0 Å². The van der Waals surface area contributed by atoms with Crippen LogP contribution in [0.25, 0.3) is 0 Å². The Morgan fingerprint density at radius 3 is 2.89 bits per heavy atom. The molecule has 1 saturated carbocycles. The second-order valence-corrected chi connectivity index (χ2v) is 9.59. The van der Waals surface area contributed by atoms with Crippen LogP contribution in [0.15, 0.2) is 12.2 Å². The Bertz CT molecular complexity index is 708. The molecule has 27 heavy (non-hydrogen) atoms. The second kappa shape index (κ2) is 6.62. The van der Waals surface area contributed by atoms with Gasteiger partial charge >= 0.3 is 5.97 Å². The molecule has 1 aliphatic carbocycles. The van der Waals surface area contributed by atoms with Gasteiger partial charge in [0.2, 0.25) is 11.8 Å². The average Bonchev–Trinajstić information content (AvgIpc) is 3.29. The Kier molecular flexibility index (Phi) is 4.35. The van der Waals surface area contributed by atoms with Crippen molar-refractivity contribution in [1.82, 2.24) is 4.90 Å². The van der Waals surface area contributed by atoms with Crippen LogP contribution in [0.5, 0.6) is 0 Å². The van der Waals surface area contributed by atoms with E-state index in [1.165, 1.54) is 4.90 Å². The lowest BCUT2D eigenvalue weighted by atomic mass is 9.79. The van der Waals surface area contributed by atoms with E-state index in [1.807, 2.05) is 12.2 Å². The largest absolute Gasteiger partial charge is 0.466 e. The molecule has 7 heteroatoms. The van der Waals surface area contributed by atoms with Crippen molar-refractivity contribution >= 4 is 29.5 Å². The molecule has 0 aromatic rings. The maximum atomic E-state index is 13.3. The number of esters is 1. The van der Waals surface area contributed by atoms with Gasteiger partial charge in [0.25, 0.3) is 0 Å². The molecule has 2 bridgehead atoms. The van der Waals surface area contributed by atoms with Crippen LogP contribution in [-0.4, -0.2) is 52.1 Å². The Balaban J connectivity index is 1.47. The van der Waals surface area contributed by atoms with E-state index in [1.54, 1.807) is 18.7 Å². The minimum Gasteiger partial charge on any atom is -0.466 e. The highest BCUT2D eigenvalue weighted by molar-refractivity contribution is 8.00. The fourth-order valence-electron chi connectivity index (χ4n) is 5.69. The summed E-state index contributed by atoms with van der Waals surface area (Å²) in [4.78, 5) is 40.8. The number of fused-ring (bicyclic) bond motifs is 5. The number of carbonyl (C=O) groups is 3. The molecule has 6 nitrogen and oxygen atoms in total. The SMILES string of the molecule is CCOC(=O)C1C2CCCCC2SC1N1C(=O)C2CC3C=CC(O3)C2C1=O. The summed E-state index contributed by atoms with van der Waals surface area (Å²) in [6.45, 7) is 2.12. The molecule has 0 radical (unpaired) electrons. The van der Waals surface area contributed by atoms with Crippen molar-refractivity contribution in [2.45, 2.75) is 61.9 Å². The third-order valence-electron chi connectivity index (χ3n) is 6.85. The monoisotopic (exact) mass is 391 g/mol. The number of carbonyl (C=O) groups excluding carboxylic acids is 3. The van der Waals surface area contributed by atoms with Gasteiger partial charge in [-0.15, -0.1) is 11.8 Å². The molecule has 0 spiro atoms. The second-order valence-electron chi connectivity index (χ2n) is 8.23. The molecule has 5 aliphatic rings. The number of ether oxygens (including phenoxy) is 2. The third-order valence-corrected chi connectivity index (χ3v) is 8.57. The Morgan fingerprint density at radius 1 is 1.26 bits per heavy atom. The summed E-state index contributed by atoms with van der Waals surface area (Å²) in [6, 6.07) is 0. The Hall–Kier alpha value is -1.34. The van der Waals surface area contributed by atoms with Gasteiger partial charge in [0.15, 0.2) is 0 Å². The van der Waals surface area contributed by atoms with Crippen LogP contribution in [0.4, 0.5) is 0 Å². The third kappa shape index (κ3) is 2.61. The summed E-state index contributed by atoms with van der Waals surface area (Å²) < 4.78 is 11.2. The lowest BCUT2D eigenvalue weighted by molar-refractivity contribution is -0.153. The van der Waals surface area contributed by atoms with E-state index in [0.29, 0.717) is 18.3 Å². The molecule has 4 aliphatic heterocycles. The molecule has 5 rings (SSSR count). The van der Waals surface area contributed by atoms with Crippen LogP contribution >= 0.6 is 11.8 Å². The molecule has 146 valence electrons.